The van der Waals surface area contributed by atoms with E-state index in [1.54, 1.807) is 30.3 Å². The Morgan fingerprint density at radius 3 is 2.87 bits per heavy atom. The lowest BCUT2D eigenvalue weighted by molar-refractivity contribution is -0.124. The van der Waals surface area contributed by atoms with Gasteiger partial charge in [-0.1, -0.05) is 6.42 Å². The molecular formula is C11H15N3O. The zero-order valence-electron chi connectivity index (χ0n) is 8.81. The number of nitrogen functional groups attached to an aromatic ring is 1. The van der Waals surface area contributed by atoms with Crippen LogP contribution in [0.5, 0.6) is 0 Å². The number of amides is 1. The molecule has 0 unspecified atom stereocenters. The molecule has 0 radical (unpaired) electrons. The summed E-state index contributed by atoms with van der Waals surface area (Å²) in [5.41, 5.74) is 6.31. The average Bonchev–Trinajstić information content (AvgIpc) is 2.15. The molecule has 0 aromatic carbocycles. The van der Waals surface area contributed by atoms with E-state index in [0.29, 0.717) is 11.5 Å². The predicted octanol–water partition coefficient (Wildman–Crippen LogP) is 1.43. The lowest BCUT2D eigenvalue weighted by Gasteiger charge is -2.29. The van der Waals surface area contributed by atoms with Crippen molar-refractivity contribution in [3.63, 3.8) is 0 Å². The number of anilines is 2. The molecule has 1 aliphatic carbocycles. The van der Waals surface area contributed by atoms with Crippen LogP contribution in [0.3, 0.4) is 0 Å². The Labute approximate surface area is 89.1 Å². The topological polar surface area (TPSA) is 59.2 Å². The number of hydrogen-bond donors (Lipinski definition) is 1. The van der Waals surface area contributed by atoms with Crippen LogP contribution in [-0.4, -0.2) is 17.9 Å². The molecule has 1 aromatic heterocycles. The molecule has 0 bridgehead atoms. The van der Waals surface area contributed by atoms with Crippen LogP contribution in [0.2, 0.25) is 0 Å². The summed E-state index contributed by atoms with van der Waals surface area (Å²) in [6.45, 7) is 0. The maximum absolute atomic E-state index is 11.9. The summed E-state index contributed by atoms with van der Waals surface area (Å²) in [5.74, 6) is 0.873. The van der Waals surface area contributed by atoms with E-state index in [1.807, 2.05) is 0 Å². The standard InChI is InChI=1S/C11H15N3O/c1-14(11(15)8-4-2-5-8)10-9(12)6-3-7-13-10/h3,6-8H,2,4-5,12H2,1H3. The van der Waals surface area contributed by atoms with Gasteiger partial charge in [0.1, 0.15) is 0 Å². The highest BCUT2D eigenvalue weighted by molar-refractivity contribution is 5.96. The summed E-state index contributed by atoms with van der Waals surface area (Å²) >= 11 is 0. The first-order chi connectivity index (χ1) is 7.20. The van der Waals surface area contributed by atoms with Gasteiger partial charge in [-0.05, 0) is 25.0 Å². The van der Waals surface area contributed by atoms with Crippen LogP contribution in [-0.2, 0) is 4.79 Å². The summed E-state index contributed by atoms with van der Waals surface area (Å²) in [6.07, 6.45) is 4.80. The maximum atomic E-state index is 11.9. The number of carbonyl (C=O) groups excluding carboxylic acids is 1. The molecule has 1 fully saturated rings. The van der Waals surface area contributed by atoms with E-state index >= 15 is 0 Å². The van der Waals surface area contributed by atoms with Crippen LogP contribution >= 0.6 is 0 Å². The van der Waals surface area contributed by atoms with E-state index in [2.05, 4.69) is 4.98 Å². The molecule has 1 aliphatic rings. The van der Waals surface area contributed by atoms with Crippen LogP contribution < -0.4 is 10.6 Å². The van der Waals surface area contributed by atoms with Gasteiger partial charge < -0.3 is 5.73 Å². The Morgan fingerprint density at radius 1 is 1.60 bits per heavy atom. The van der Waals surface area contributed by atoms with Gasteiger partial charge >= 0.3 is 0 Å². The summed E-state index contributed by atoms with van der Waals surface area (Å²) < 4.78 is 0. The van der Waals surface area contributed by atoms with Crippen LogP contribution in [0, 0.1) is 5.92 Å². The summed E-state index contributed by atoms with van der Waals surface area (Å²) in [5, 5.41) is 0. The first-order valence-electron chi connectivity index (χ1n) is 5.18. The third-order valence-electron chi connectivity index (χ3n) is 2.92. The minimum atomic E-state index is 0.131. The first kappa shape index (κ1) is 9.96. The SMILES string of the molecule is CN(C(=O)C1CCC1)c1ncccc1N. The van der Waals surface area contributed by atoms with Gasteiger partial charge in [0.15, 0.2) is 5.82 Å². The quantitative estimate of drug-likeness (QED) is 0.794. The van der Waals surface area contributed by atoms with Gasteiger partial charge in [-0.3, -0.25) is 9.69 Å². The number of nitrogens with zero attached hydrogens (tertiary/aromatic N) is 2. The Hall–Kier alpha value is -1.58. The van der Waals surface area contributed by atoms with Crippen molar-refractivity contribution in [2.75, 3.05) is 17.7 Å². The van der Waals surface area contributed by atoms with Crippen LogP contribution in [0.25, 0.3) is 0 Å². The molecule has 0 atom stereocenters. The summed E-state index contributed by atoms with van der Waals surface area (Å²) in [7, 11) is 1.74. The van der Waals surface area contributed by atoms with Crippen molar-refractivity contribution in [3.05, 3.63) is 18.3 Å². The molecular weight excluding hydrogens is 190 g/mol. The number of aromatic nitrogens is 1. The van der Waals surface area contributed by atoms with E-state index in [1.165, 1.54) is 0 Å². The van der Waals surface area contributed by atoms with E-state index in [0.717, 1.165) is 19.3 Å². The lowest BCUT2D eigenvalue weighted by Crippen LogP contribution is -2.37. The van der Waals surface area contributed by atoms with Crippen molar-refractivity contribution in [1.82, 2.24) is 4.98 Å². The Kier molecular flexibility index (Phi) is 2.58. The average molecular weight is 205 g/mol. The number of hydrogen-bond acceptors (Lipinski definition) is 3. The molecule has 0 spiro atoms. The second kappa shape index (κ2) is 3.88. The third kappa shape index (κ3) is 1.79. The van der Waals surface area contributed by atoms with Crippen molar-refractivity contribution >= 4 is 17.4 Å². The molecule has 4 nitrogen and oxygen atoms in total. The minimum absolute atomic E-state index is 0.131. The second-order valence-corrected chi connectivity index (χ2v) is 3.94. The molecule has 15 heavy (non-hydrogen) atoms. The van der Waals surface area contributed by atoms with E-state index in [4.69, 9.17) is 5.73 Å². The third-order valence-corrected chi connectivity index (χ3v) is 2.92. The first-order valence-corrected chi connectivity index (χ1v) is 5.18. The van der Waals surface area contributed by atoms with Crippen molar-refractivity contribution in [1.29, 1.82) is 0 Å². The highest BCUT2D eigenvalue weighted by atomic mass is 16.2. The summed E-state index contributed by atoms with van der Waals surface area (Å²) in [6, 6.07) is 3.52. The Bertz CT molecular complexity index is 374. The van der Waals surface area contributed by atoms with Gasteiger partial charge in [0.25, 0.3) is 0 Å². The van der Waals surface area contributed by atoms with Gasteiger partial charge in [0.2, 0.25) is 5.91 Å². The zero-order valence-corrected chi connectivity index (χ0v) is 8.81. The zero-order chi connectivity index (χ0) is 10.8. The van der Waals surface area contributed by atoms with Crippen LogP contribution in [0.15, 0.2) is 18.3 Å². The molecule has 1 aromatic rings. The highest BCUT2D eigenvalue weighted by Crippen LogP contribution is 2.30. The van der Waals surface area contributed by atoms with Gasteiger partial charge in [-0.2, -0.15) is 0 Å². The highest BCUT2D eigenvalue weighted by Gasteiger charge is 2.29. The molecule has 2 N–H and O–H groups in total. The fraction of sp³-hybridized carbons (Fsp3) is 0.455. The number of rotatable bonds is 2. The van der Waals surface area contributed by atoms with Crippen molar-refractivity contribution in [2.45, 2.75) is 19.3 Å². The normalized spacial score (nSPS) is 15.8. The molecule has 4 heteroatoms. The Morgan fingerprint density at radius 2 is 2.33 bits per heavy atom. The molecule has 0 saturated heterocycles. The fourth-order valence-electron chi connectivity index (χ4n) is 1.72. The Balaban J connectivity index is 2.16. The largest absolute Gasteiger partial charge is 0.396 e. The molecule has 80 valence electrons. The second-order valence-electron chi connectivity index (χ2n) is 3.94. The van der Waals surface area contributed by atoms with Crippen LogP contribution in [0.4, 0.5) is 11.5 Å². The monoisotopic (exact) mass is 205 g/mol. The molecule has 1 saturated carbocycles. The fourth-order valence-corrected chi connectivity index (χ4v) is 1.72. The number of pyridine rings is 1. The van der Waals surface area contributed by atoms with Gasteiger partial charge in [0, 0.05) is 19.2 Å². The van der Waals surface area contributed by atoms with E-state index in [9.17, 15) is 4.79 Å². The van der Waals surface area contributed by atoms with Crippen molar-refractivity contribution in [2.24, 2.45) is 5.92 Å². The number of nitrogens with two attached hydrogens (primary N) is 1. The van der Waals surface area contributed by atoms with Gasteiger partial charge in [-0.15, -0.1) is 0 Å². The molecule has 2 rings (SSSR count). The molecule has 1 heterocycles. The van der Waals surface area contributed by atoms with Gasteiger partial charge in [-0.25, -0.2) is 4.98 Å². The molecule has 0 aliphatic heterocycles. The summed E-state index contributed by atoms with van der Waals surface area (Å²) in [4.78, 5) is 17.6. The molecule has 1 amide bonds. The van der Waals surface area contributed by atoms with Gasteiger partial charge in [0.05, 0.1) is 5.69 Å². The van der Waals surface area contributed by atoms with E-state index in [-0.39, 0.29) is 11.8 Å². The lowest BCUT2D eigenvalue weighted by atomic mass is 9.84. The van der Waals surface area contributed by atoms with E-state index < -0.39 is 0 Å². The number of carbonyl (C=O) groups is 1. The smallest absolute Gasteiger partial charge is 0.231 e. The van der Waals surface area contributed by atoms with Crippen molar-refractivity contribution in [3.8, 4) is 0 Å². The van der Waals surface area contributed by atoms with Crippen LogP contribution in [0.1, 0.15) is 19.3 Å². The minimum Gasteiger partial charge on any atom is -0.396 e. The predicted molar refractivity (Wildman–Crippen MR) is 59.4 cm³/mol. The van der Waals surface area contributed by atoms with Crippen molar-refractivity contribution < 1.29 is 4.79 Å². The maximum Gasteiger partial charge on any atom is 0.231 e.